The minimum Gasteiger partial charge on any atom is -0.484 e. The summed E-state index contributed by atoms with van der Waals surface area (Å²) < 4.78 is 23.6. The Morgan fingerprint density at radius 2 is 1.88 bits per heavy atom. The SMILES string of the molecule is O=C(COc1cccc(F)c1)N1CCCN(C(=O)c2ccco2)CC1. The molecule has 132 valence electrons. The van der Waals surface area contributed by atoms with Crippen molar-refractivity contribution >= 4 is 11.8 Å². The molecular formula is C18H19FN2O4. The van der Waals surface area contributed by atoms with E-state index in [1.54, 1.807) is 28.0 Å². The van der Waals surface area contributed by atoms with E-state index in [0.717, 1.165) is 0 Å². The standard InChI is InChI=1S/C18H19FN2O4/c19-14-4-1-5-15(12-14)25-13-17(22)20-7-3-8-21(10-9-20)18(23)16-6-2-11-24-16/h1-2,4-6,11-12H,3,7-10,13H2. The second-order valence-electron chi connectivity index (χ2n) is 5.75. The van der Waals surface area contributed by atoms with Crippen molar-refractivity contribution in [3.05, 3.63) is 54.2 Å². The molecule has 1 aromatic carbocycles. The van der Waals surface area contributed by atoms with Crippen molar-refractivity contribution in [1.29, 1.82) is 0 Å². The highest BCUT2D eigenvalue weighted by Crippen LogP contribution is 2.13. The number of ether oxygens (including phenoxy) is 1. The van der Waals surface area contributed by atoms with Crippen LogP contribution in [0.4, 0.5) is 4.39 Å². The molecule has 1 fully saturated rings. The van der Waals surface area contributed by atoms with Crippen molar-refractivity contribution in [1.82, 2.24) is 9.80 Å². The quantitative estimate of drug-likeness (QED) is 0.851. The van der Waals surface area contributed by atoms with E-state index in [4.69, 9.17) is 9.15 Å². The maximum absolute atomic E-state index is 13.1. The second-order valence-corrected chi connectivity index (χ2v) is 5.75. The Morgan fingerprint density at radius 3 is 2.64 bits per heavy atom. The fourth-order valence-corrected chi connectivity index (χ4v) is 2.72. The number of hydrogen-bond donors (Lipinski definition) is 0. The van der Waals surface area contributed by atoms with Crippen LogP contribution in [0.25, 0.3) is 0 Å². The van der Waals surface area contributed by atoms with E-state index in [2.05, 4.69) is 0 Å². The number of furan rings is 1. The van der Waals surface area contributed by atoms with Gasteiger partial charge >= 0.3 is 0 Å². The molecule has 0 radical (unpaired) electrons. The van der Waals surface area contributed by atoms with E-state index < -0.39 is 5.82 Å². The van der Waals surface area contributed by atoms with Crippen LogP contribution in [-0.2, 0) is 4.79 Å². The van der Waals surface area contributed by atoms with Crippen LogP contribution in [0, 0.1) is 5.82 Å². The Kier molecular flexibility index (Phi) is 5.33. The Morgan fingerprint density at radius 1 is 1.08 bits per heavy atom. The van der Waals surface area contributed by atoms with Crippen LogP contribution in [0.1, 0.15) is 17.0 Å². The summed E-state index contributed by atoms with van der Waals surface area (Å²) >= 11 is 0. The summed E-state index contributed by atoms with van der Waals surface area (Å²) in [5, 5.41) is 0. The van der Waals surface area contributed by atoms with E-state index >= 15 is 0 Å². The van der Waals surface area contributed by atoms with E-state index in [1.807, 2.05) is 0 Å². The summed E-state index contributed by atoms with van der Waals surface area (Å²) in [6, 6.07) is 8.98. The molecule has 2 amide bonds. The molecule has 1 aliphatic rings. The molecule has 2 aromatic rings. The van der Waals surface area contributed by atoms with Gasteiger partial charge in [0, 0.05) is 32.2 Å². The van der Waals surface area contributed by atoms with Crippen molar-refractivity contribution in [2.75, 3.05) is 32.8 Å². The Labute approximate surface area is 144 Å². The minimum atomic E-state index is -0.410. The van der Waals surface area contributed by atoms with Crippen molar-refractivity contribution in [3.8, 4) is 5.75 Å². The topological polar surface area (TPSA) is 63.0 Å². The van der Waals surface area contributed by atoms with Crippen LogP contribution < -0.4 is 4.74 Å². The Bertz CT molecular complexity index is 732. The molecule has 0 aliphatic carbocycles. The molecule has 6 nitrogen and oxygen atoms in total. The van der Waals surface area contributed by atoms with Crippen LogP contribution in [0.5, 0.6) is 5.75 Å². The highest BCUT2D eigenvalue weighted by atomic mass is 19.1. The number of amides is 2. The summed E-state index contributed by atoms with van der Waals surface area (Å²) in [5.74, 6) is -0.148. The predicted octanol–water partition coefficient (Wildman–Crippen LogP) is 2.17. The van der Waals surface area contributed by atoms with Crippen LogP contribution in [-0.4, -0.2) is 54.4 Å². The Balaban J connectivity index is 1.52. The fraction of sp³-hybridized carbons (Fsp3) is 0.333. The zero-order valence-electron chi connectivity index (χ0n) is 13.7. The monoisotopic (exact) mass is 346 g/mol. The first-order valence-corrected chi connectivity index (χ1v) is 8.12. The molecule has 0 bridgehead atoms. The van der Waals surface area contributed by atoms with Crippen LogP contribution >= 0.6 is 0 Å². The average molecular weight is 346 g/mol. The van der Waals surface area contributed by atoms with Crippen molar-refractivity contribution < 1.29 is 23.1 Å². The van der Waals surface area contributed by atoms with Crippen LogP contribution in [0.2, 0.25) is 0 Å². The van der Waals surface area contributed by atoms with Crippen LogP contribution in [0.3, 0.4) is 0 Å². The Hall–Kier alpha value is -2.83. The first-order valence-electron chi connectivity index (χ1n) is 8.12. The third-order valence-corrected chi connectivity index (χ3v) is 4.03. The van der Waals surface area contributed by atoms with Crippen LogP contribution in [0.15, 0.2) is 47.1 Å². The second kappa shape index (κ2) is 7.83. The van der Waals surface area contributed by atoms with E-state index in [0.29, 0.717) is 44.1 Å². The number of hydrogen-bond acceptors (Lipinski definition) is 4. The average Bonchev–Trinajstić information content (AvgIpc) is 3.03. The number of carbonyl (C=O) groups is 2. The largest absolute Gasteiger partial charge is 0.484 e. The molecule has 7 heteroatoms. The molecule has 2 heterocycles. The smallest absolute Gasteiger partial charge is 0.289 e. The van der Waals surface area contributed by atoms with Gasteiger partial charge in [0.1, 0.15) is 11.6 Å². The maximum Gasteiger partial charge on any atom is 0.289 e. The van der Waals surface area contributed by atoms with Crippen molar-refractivity contribution in [2.24, 2.45) is 0 Å². The molecule has 0 N–H and O–H groups in total. The van der Waals surface area contributed by atoms with Gasteiger partial charge in [-0.05, 0) is 30.7 Å². The van der Waals surface area contributed by atoms with Gasteiger partial charge in [-0.3, -0.25) is 9.59 Å². The fourth-order valence-electron chi connectivity index (χ4n) is 2.72. The van der Waals surface area contributed by atoms with Gasteiger partial charge in [0.05, 0.1) is 6.26 Å². The summed E-state index contributed by atoms with van der Waals surface area (Å²) in [7, 11) is 0. The summed E-state index contributed by atoms with van der Waals surface area (Å²) in [5.41, 5.74) is 0. The van der Waals surface area contributed by atoms with Gasteiger partial charge in [-0.2, -0.15) is 0 Å². The van der Waals surface area contributed by atoms with E-state index in [-0.39, 0.29) is 18.4 Å². The van der Waals surface area contributed by atoms with Gasteiger partial charge in [0.25, 0.3) is 11.8 Å². The van der Waals surface area contributed by atoms with Gasteiger partial charge < -0.3 is 19.0 Å². The van der Waals surface area contributed by atoms with E-state index in [9.17, 15) is 14.0 Å². The summed E-state index contributed by atoms with van der Waals surface area (Å²) in [6.07, 6.45) is 2.14. The van der Waals surface area contributed by atoms with Gasteiger partial charge in [-0.25, -0.2) is 4.39 Å². The van der Waals surface area contributed by atoms with Gasteiger partial charge in [-0.1, -0.05) is 6.07 Å². The number of benzene rings is 1. The number of carbonyl (C=O) groups excluding carboxylic acids is 2. The lowest BCUT2D eigenvalue weighted by Gasteiger charge is -2.21. The van der Waals surface area contributed by atoms with E-state index in [1.165, 1.54) is 24.5 Å². The zero-order valence-corrected chi connectivity index (χ0v) is 13.7. The third kappa shape index (κ3) is 4.37. The molecule has 0 unspecified atom stereocenters. The number of rotatable bonds is 4. The van der Waals surface area contributed by atoms with Crippen molar-refractivity contribution in [3.63, 3.8) is 0 Å². The lowest BCUT2D eigenvalue weighted by molar-refractivity contribution is -0.133. The lowest BCUT2D eigenvalue weighted by atomic mass is 10.3. The minimum absolute atomic E-state index is 0.157. The molecule has 0 spiro atoms. The highest BCUT2D eigenvalue weighted by Gasteiger charge is 2.24. The third-order valence-electron chi connectivity index (χ3n) is 4.03. The summed E-state index contributed by atoms with van der Waals surface area (Å²) in [6.45, 7) is 1.82. The normalized spacial score (nSPS) is 14.9. The van der Waals surface area contributed by atoms with Gasteiger partial charge in [0.15, 0.2) is 12.4 Å². The molecular weight excluding hydrogens is 327 g/mol. The van der Waals surface area contributed by atoms with Crippen molar-refractivity contribution in [2.45, 2.75) is 6.42 Å². The molecule has 1 saturated heterocycles. The van der Waals surface area contributed by atoms with Gasteiger partial charge in [-0.15, -0.1) is 0 Å². The molecule has 0 saturated carbocycles. The lowest BCUT2D eigenvalue weighted by Crippen LogP contribution is -2.39. The molecule has 3 rings (SSSR count). The molecule has 1 aromatic heterocycles. The molecule has 0 atom stereocenters. The highest BCUT2D eigenvalue weighted by molar-refractivity contribution is 5.91. The maximum atomic E-state index is 13.1. The first-order chi connectivity index (χ1) is 12.1. The molecule has 1 aliphatic heterocycles. The number of halogens is 1. The number of nitrogens with zero attached hydrogens (tertiary/aromatic N) is 2. The predicted molar refractivity (Wildman–Crippen MR) is 87.7 cm³/mol. The van der Waals surface area contributed by atoms with Gasteiger partial charge in [0.2, 0.25) is 0 Å². The molecule has 25 heavy (non-hydrogen) atoms. The first kappa shape index (κ1) is 17.0. The zero-order chi connectivity index (χ0) is 17.6. The summed E-state index contributed by atoms with van der Waals surface area (Å²) in [4.78, 5) is 27.9.